The summed E-state index contributed by atoms with van der Waals surface area (Å²) in [6, 6.07) is 0. The van der Waals surface area contributed by atoms with Crippen LogP contribution in [0, 0.1) is 0 Å². The van der Waals surface area contributed by atoms with Gasteiger partial charge in [-0.15, -0.1) is 35.3 Å². The SMILES string of the molecule is CN=C(NCCCF)NCc1nc(C(C)C)cs1.I. The van der Waals surface area contributed by atoms with Gasteiger partial charge in [-0.25, -0.2) is 4.98 Å². The van der Waals surface area contributed by atoms with Crippen LogP contribution >= 0.6 is 35.3 Å². The highest BCUT2D eigenvalue weighted by Gasteiger charge is 2.06. The number of hydrogen-bond acceptors (Lipinski definition) is 3. The van der Waals surface area contributed by atoms with Crippen molar-refractivity contribution in [3.63, 3.8) is 0 Å². The Morgan fingerprint density at radius 1 is 1.47 bits per heavy atom. The van der Waals surface area contributed by atoms with Gasteiger partial charge in [0.05, 0.1) is 18.9 Å². The average molecular weight is 400 g/mol. The van der Waals surface area contributed by atoms with Crippen molar-refractivity contribution in [2.45, 2.75) is 32.7 Å². The van der Waals surface area contributed by atoms with Crippen LogP contribution in [-0.2, 0) is 6.54 Å². The third kappa shape index (κ3) is 7.05. The first kappa shape index (κ1) is 18.6. The Labute approximate surface area is 135 Å². The maximum Gasteiger partial charge on any atom is 0.191 e. The molecule has 1 aromatic rings. The van der Waals surface area contributed by atoms with Crippen LogP contribution in [0.5, 0.6) is 0 Å². The summed E-state index contributed by atoms with van der Waals surface area (Å²) in [7, 11) is 1.70. The van der Waals surface area contributed by atoms with E-state index in [0.717, 1.165) is 10.7 Å². The van der Waals surface area contributed by atoms with Gasteiger partial charge < -0.3 is 10.6 Å². The number of aromatic nitrogens is 1. The van der Waals surface area contributed by atoms with Crippen molar-refractivity contribution in [2.75, 3.05) is 20.3 Å². The van der Waals surface area contributed by atoms with Crippen LogP contribution in [0.4, 0.5) is 4.39 Å². The molecule has 0 aliphatic carbocycles. The minimum Gasteiger partial charge on any atom is -0.356 e. The Morgan fingerprint density at radius 3 is 2.74 bits per heavy atom. The number of halogens is 2. The lowest BCUT2D eigenvalue weighted by Crippen LogP contribution is -2.37. The third-order valence-electron chi connectivity index (χ3n) is 2.39. The van der Waals surface area contributed by atoms with E-state index in [-0.39, 0.29) is 30.7 Å². The summed E-state index contributed by atoms with van der Waals surface area (Å²) in [5.41, 5.74) is 1.12. The van der Waals surface area contributed by atoms with Crippen molar-refractivity contribution in [1.82, 2.24) is 15.6 Å². The maximum atomic E-state index is 12.0. The summed E-state index contributed by atoms with van der Waals surface area (Å²) in [5.74, 6) is 1.14. The second kappa shape index (κ2) is 10.4. The molecule has 19 heavy (non-hydrogen) atoms. The highest BCUT2D eigenvalue weighted by molar-refractivity contribution is 14.0. The Balaban J connectivity index is 0.00000324. The summed E-state index contributed by atoms with van der Waals surface area (Å²) in [6.45, 7) is 5.18. The van der Waals surface area contributed by atoms with Gasteiger partial charge in [0.1, 0.15) is 5.01 Å². The molecule has 110 valence electrons. The van der Waals surface area contributed by atoms with Crippen LogP contribution in [0.2, 0.25) is 0 Å². The average Bonchev–Trinajstić information content (AvgIpc) is 2.82. The predicted octanol–water partition coefficient (Wildman–Crippen LogP) is 2.91. The lowest BCUT2D eigenvalue weighted by Gasteiger charge is -2.09. The Kier molecular flexibility index (Phi) is 10.1. The molecule has 0 atom stereocenters. The predicted molar refractivity (Wildman–Crippen MR) is 90.4 cm³/mol. The Bertz CT molecular complexity index is 382. The van der Waals surface area contributed by atoms with Gasteiger partial charge in [-0.3, -0.25) is 9.38 Å². The summed E-state index contributed by atoms with van der Waals surface area (Å²) in [4.78, 5) is 8.59. The molecule has 1 aromatic heterocycles. The van der Waals surface area contributed by atoms with Crippen LogP contribution in [0.1, 0.15) is 36.9 Å². The first-order valence-electron chi connectivity index (χ1n) is 6.12. The molecule has 4 nitrogen and oxygen atoms in total. The fraction of sp³-hybridized carbons (Fsp3) is 0.667. The molecule has 1 heterocycles. The van der Waals surface area contributed by atoms with E-state index in [1.54, 1.807) is 18.4 Å². The van der Waals surface area contributed by atoms with Crippen LogP contribution in [-0.4, -0.2) is 31.2 Å². The summed E-state index contributed by atoms with van der Waals surface area (Å²) < 4.78 is 12.0. The number of rotatable bonds is 6. The van der Waals surface area contributed by atoms with E-state index in [2.05, 4.69) is 39.8 Å². The van der Waals surface area contributed by atoms with Gasteiger partial charge >= 0.3 is 0 Å². The molecular formula is C12H22FIN4S. The molecule has 0 aliphatic rings. The zero-order valence-electron chi connectivity index (χ0n) is 11.6. The van der Waals surface area contributed by atoms with E-state index in [9.17, 15) is 4.39 Å². The third-order valence-corrected chi connectivity index (χ3v) is 3.26. The van der Waals surface area contributed by atoms with Gasteiger partial charge in [0.15, 0.2) is 5.96 Å². The lowest BCUT2D eigenvalue weighted by atomic mass is 10.2. The largest absolute Gasteiger partial charge is 0.356 e. The van der Waals surface area contributed by atoms with Crippen molar-refractivity contribution in [2.24, 2.45) is 4.99 Å². The fourth-order valence-electron chi connectivity index (χ4n) is 1.33. The highest BCUT2D eigenvalue weighted by atomic mass is 127. The minimum absolute atomic E-state index is 0. The number of guanidine groups is 1. The van der Waals surface area contributed by atoms with E-state index in [1.165, 1.54) is 0 Å². The molecule has 0 bridgehead atoms. The molecule has 0 spiro atoms. The second-order valence-electron chi connectivity index (χ2n) is 4.22. The van der Waals surface area contributed by atoms with Crippen molar-refractivity contribution >= 4 is 41.3 Å². The Hall–Kier alpha value is -0.440. The van der Waals surface area contributed by atoms with Gasteiger partial charge in [0, 0.05) is 19.0 Å². The Morgan fingerprint density at radius 2 is 2.21 bits per heavy atom. The normalized spacial score (nSPS) is 11.3. The molecule has 7 heteroatoms. The molecule has 2 N–H and O–H groups in total. The van der Waals surface area contributed by atoms with Crippen molar-refractivity contribution in [3.8, 4) is 0 Å². The molecule has 0 fully saturated rings. The van der Waals surface area contributed by atoms with Gasteiger partial charge in [0.25, 0.3) is 0 Å². The standard InChI is InChI=1S/C12H21FN4S.HI/c1-9(2)10-8-18-11(17-10)7-16-12(14-3)15-6-4-5-13;/h8-9H,4-7H2,1-3H3,(H2,14,15,16);1H. The molecule has 0 saturated carbocycles. The van der Waals surface area contributed by atoms with Crippen molar-refractivity contribution in [3.05, 3.63) is 16.1 Å². The van der Waals surface area contributed by atoms with E-state index in [4.69, 9.17) is 0 Å². The quantitative estimate of drug-likeness (QED) is 0.334. The summed E-state index contributed by atoms with van der Waals surface area (Å²) in [6.07, 6.45) is 0.495. The monoisotopic (exact) mass is 400 g/mol. The molecule has 0 unspecified atom stereocenters. The lowest BCUT2D eigenvalue weighted by molar-refractivity contribution is 0.470. The number of alkyl halides is 1. The summed E-state index contributed by atoms with van der Waals surface area (Å²) >= 11 is 1.64. The fourth-order valence-corrected chi connectivity index (χ4v) is 2.22. The van der Waals surface area contributed by atoms with Gasteiger partial charge in [-0.1, -0.05) is 13.8 Å². The number of hydrogen-bond donors (Lipinski definition) is 2. The molecule has 0 amide bonds. The van der Waals surface area contributed by atoms with Crippen LogP contribution in [0.25, 0.3) is 0 Å². The zero-order chi connectivity index (χ0) is 13.4. The number of nitrogens with zero attached hydrogens (tertiary/aromatic N) is 2. The molecule has 0 aromatic carbocycles. The first-order valence-corrected chi connectivity index (χ1v) is 7.00. The number of nitrogens with one attached hydrogen (secondary N) is 2. The highest BCUT2D eigenvalue weighted by Crippen LogP contribution is 2.17. The molecular weight excluding hydrogens is 378 g/mol. The maximum absolute atomic E-state index is 12.0. The van der Waals surface area contributed by atoms with E-state index < -0.39 is 0 Å². The molecule has 0 saturated heterocycles. The van der Waals surface area contributed by atoms with E-state index >= 15 is 0 Å². The van der Waals surface area contributed by atoms with Gasteiger partial charge in [0.2, 0.25) is 0 Å². The topological polar surface area (TPSA) is 49.3 Å². The first-order chi connectivity index (χ1) is 8.67. The van der Waals surface area contributed by atoms with Crippen LogP contribution in [0.15, 0.2) is 10.4 Å². The van der Waals surface area contributed by atoms with Crippen molar-refractivity contribution in [1.29, 1.82) is 0 Å². The van der Waals surface area contributed by atoms with Gasteiger partial charge in [-0.2, -0.15) is 0 Å². The molecule has 1 rings (SSSR count). The zero-order valence-corrected chi connectivity index (χ0v) is 14.7. The summed E-state index contributed by atoms with van der Waals surface area (Å²) in [5, 5.41) is 9.33. The minimum atomic E-state index is -0.311. The van der Waals surface area contributed by atoms with Crippen LogP contribution < -0.4 is 10.6 Å². The number of aliphatic imine (C=N–C) groups is 1. The van der Waals surface area contributed by atoms with E-state index in [0.29, 0.717) is 31.4 Å². The molecule has 0 radical (unpaired) electrons. The smallest absolute Gasteiger partial charge is 0.191 e. The van der Waals surface area contributed by atoms with Crippen molar-refractivity contribution < 1.29 is 4.39 Å². The number of thiazole rings is 1. The van der Waals surface area contributed by atoms with Gasteiger partial charge in [-0.05, 0) is 12.3 Å². The van der Waals surface area contributed by atoms with Crippen LogP contribution in [0.3, 0.4) is 0 Å². The molecule has 0 aliphatic heterocycles. The second-order valence-corrected chi connectivity index (χ2v) is 5.16. The van der Waals surface area contributed by atoms with E-state index in [1.807, 2.05) is 0 Å².